The molecule has 1 fully saturated rings. The fourth-order valence-corrected chi connectivity index (χ4v) is 3.50. The van der Waals surface area contributed by atoms with E-state index < -0.39 is 10.0 Å². The summed E-state index contributed by atoms with van der Waals surface area (Å²) in [6.45, 7) is 4.70. The van der Waals surface area contributed by atoms with Crippen molar-refractivity contribution >= 4 is 21.6 Å². The van der Waals surface area contributed by atoms with Gasteiger partial charge < -0.3 is 0 Å². The standard InChI is InChI=1S/C15H23ClN2O2S/c1-12(14-5-7-15(16)8-6-14)18-9-3-4-13(11-18)10-17-21(2,19)20/h5-8,12-13,17H,3-4,9-11H2,1-2H3/t12-,13-/m0/s1. The molecular weight excluding hydrogens is 308 g/mol. The minimum absolute atomic E-state index is 0.323. The van der Waals surface area contributed by atoms with Crippen molar-refractivity contribution in [2.45, 2.75) is 25.8 Å². The highest BCUT2D eigenvalue weighted by atomic mass is 35.5. The number of sulfonamides is 1. The molecule has 1 aliphatic heterocycles. The van der Waals surface area contributed by atoms with Gasteiger partial charge in [-0.05, 0) is 49.9 Å². The highest BCUT2D eigenvalue weighted by Gasteiger charge is 2.24. The normalized spacial score (nSPS) is 22.1. The lowest BCUT2D eigenvalue weighted by Gasteiger charge is -2.37. The van der Waals surface area contributed by atoms with Crippen molar-refractivity contribution in [1.29, 1.82) is 0 Å². The molecule has 0 amide bonds. The van der Waals surface area contributed by atoms with Crippen molar-refractivity contribution in [1.82, 2.24) is 9.62 Å². The van der Waals surface area contributed by atoms with Crippen molar-refractivity contribution in [3.05, 3.63) is 34.9 Å². The first-order chi connectivity index (χ1) is 9.85. The van der Waals surface area contributed by atoms with Gasteiger partial charge in [-0.15, -0.1) is 0 Å². The number of hydrogen-bond donors (Lipinski definition) is 1. The molecule has 0 aromatic heterocycles. The van der Waals surface area contributed by atoms with Crippen LogP contribution in [-0.2, 0) is 10.0 Å². The summed E-state index contributed by atoms with van der Waals surface area (Å²) in [6, 6.07) is 8.28. The van der Waals surface area contributed by atoms with E-state index in [0.29, 0.717) is 18.5 Å². The van der Waals surface area contributed by atoms with Gasteiger partial charge in [-0.1, -0.05) is 23.7 Å². The maximum absolute atomic E-state index is 11.2. The van der Waals surface area contributed by atoms with Crippen molar-refractivity contribution < 1.29 is 8.42 Å². The summed E-state index contributed by atoms with van der Waals surface area (Å²) in [4.78, 5) is 2.42. The molecule has 0 bridgehead atoms. The maximum Gasteiger partial charge on any atom is 0.208 e. The Morgan fingerprint density at radius 2 is 2.05 bits per heavy atom. The van der Waals surface area contributed by atoms with Gasteiger partial charge in [0.25, 0.3) is 0 Å². The van der Waals surface area contributed by atoms with E-state index in [1.165, 1.54) is 11.8 Å². The summed E-state index contributed by atoms with van der Waals surface area (Å²) in [5.74, 6) is 0.378. The first kappa shape index (κ1) is 16.7. The fourth-order valence-electron chi connectivity index (χ4n) is 2.84. The zero-order chi connectivity index (χ0) is 15.5. The molecule has 118 valence electrons. The third-order valence-corrected chi connectivity index (χ3v) is 5.03. The van der Waals surface area contributed by atoms with Gasteiger partial charge in [0.1, 0.15) is 0 Å². The Morgan fingerprint density at radius 3 is 2.67 bits per heavy atom. The molecule has 2 atom stereocenters. The zero-order valence-electron chi connectivity index (χ0n) is 12.5. The number of benzene rings is 1. The summed E-state index contributed by atoms with van der Waals surface area (Å²) < 4.78 is 25.0. The van der Waals surface area contributed by atoms with E-state index in [2.05, 4.69) is 28.7 Å². The van der Waals surface area contributed by atoms with Gasteiger partial charge in [-0.2, -0.15) is 0 Å². The van der Waals surface area contributed by atoms with E-state index in [4.69, 9.17) is 11.6 Å². The largest absolute Gasteiger partial charge is 0.296 e. The monoisotopic (exact) mass is 330 g/mol. The SMILES string of the molecule is C[C@@H](c1ccc(Cl)cc1)N1CCC[C@@H](CNS(C)(=O)=O)C1. The summed E-state index contributed by atoms with van der Waals surface area (Å²) in [5.41, 5.74) is 1.25. The van der Waals surface area contributed by atoms with Crippen LogP contribution < -0.4 is 4.72 Å². The van der Waals surface area contributed by atoms with Gasteiger partial charge in [-0.3, -0.25) is 4.90 Å². The fraction of sp³-hybridized carbons (Fsp3) is 0.600. The molecular formula is C15H23ClN2O2S. The van der Waals surface area contributed by atoms with E-state index in [1.54, 1.807) is 0 Å². The molecule has 0 aliphatic carbocycles. The molecule has 0 radical (unpaired) electrons. The zero-order valence-corrected chi connectivity index (χ0v) is 14.1. The Hall–Kier alpha value is -0.620. The van der Waals surface area contributed by atoms with E-state index in [1.807, 2.05) is 12.1 Å². The van der Waals surface area contributed by atoms with E-state index in [-0.39, 0.29) is 0 Å². The van der Waals surface area contributed by atoms with Gasteiger partial charge in [0.05, 0.1) is 6.26 Å². The molecule has 0 saturated carbocycles. The lowest BCUT2D eigenvalue weighted by molar-refractivity contribution is 0.133. The summed E-state index contributed by atoms with van der Waals surface area (Å²) in [7, 11) is -3.10. The minimum Gasteiger partial charge on any atom is -0.296 e. The van der Waals surface area contributed by atoms with Crippen LogP contribution in [0.5, 0.6) is 0 Å². The third kappa shape index (κ3) is 5.25. The van der Waals surface area contributed by atoms with Crippen molar-refractivity contribution in [2.24, 2.45) is 5.92 Å². The number of rotatable bonds is 5. The maximum atomic E-state index is 11.2. The highest BCUT2D eigenvalue weighted by Crippen LogP contribution is 2.27. The molecule has 4 nitrogen and oxygen atoms in total. The number of halogens is 1. The second kappa shape index (κ2) is 7.09. The molecule has 1 heterocycles. The van der Waals surface area contributed by atoms with Crippen LogP contribution in [0.4, 0.5) is 0 Å². The summed E-state index contributed by atoms with van der Waals surface area (Å²) >= 11 is 5.93. The summed E-state index contributed by atoms with van der Waals surface area (Å²) in [6.07, 6.45) is 3.39. The average Bonchev–Trinajstić information content (AvgIpc) is 2.45. The Bertz CT molecular complexity index is 560. The van der Waals surface area contributed by atoms with Crippen LogP contribution in [0.1, 0.15) is 31.4 Å². The number of piperidine rings is 1. The Kier molecular flexibility index (Phi) is 5.66. The molecule has 1 aliphatic rings. The van der Waals surface area contributed by atoms with Gasteiger partial charge in [0, 0.05) is 24.2 Å². The topological polar surface area (TPSA) is 49.4 Å². The van der Waals surface area contributed by atoms with Crippen molar-refractivity contribution in [2.75, 3.05) is 25.9 Å². The highest BCUT2D eigenvalue weighted by molar-refractivity contribution is 7.88. The molecule has 1 N–H and O–H groups in total. The van der Waals surface area contributed by atoms with E-state index in [0.717, 1.165) is 31.0 Å². The first-order valence-corrected chi connectivity index (χ1v) is 9.56. The van der Waals surface area contributed by atoms with E-state index in [9.17, 15) is 8.42 Å². The second-order valence-corrected chi connectivity index (χ2v) is 8.12. The quantitative estimate of drug-likeness (QED) is 0.903. The Morgan fingerprint density at radius 1 is 1.38 bits per heavy atom. The van der Waals surface area contributed by atoms with Gasteiger partial charge in [-0.25, -0.2) is 13.1 Å². The van der Waals surface area contributed by atoms with Gasteiger partial charge in [0.15, 0.2) is 0 Å². The van der Waals surface area contributed by atoms with Crippen LogP contribution in [0.2, 0.25) is 5.02 Å². The molecule has 1 aromatic rings. The van der Waals surface area contributed by atoms with Crippen LogP contribution in [-0.4, -0.2) is 39.2 Å². The predicted octanol–water partition coefficient (Wildman–Crippen LogP) is 2.66. The number of hydrogen-bond acceptors (Lipinski definition) is 3. The van der Waals surface area contributed by atoms with Crippen LogP contribution in [0.25, 0.3) is 0 Å². The summed E-state index contributed by atoms with van der Waals surface area (Å²) in [5, 5.41) is 0.750. The number of nitrogens with one attached hydrogen (secondary N) is 1. The molecule has 0 unspecified atom stereocenters. The molecule has 1 aromatic carbocycles. The Labute approximate surface area is 132 Å². The molecule has 21 heavy (non-hydrogen) atoms. The van der Waals surface area contributed by atoms with Crippen LogP contribution >= 0.6 is 11.6 Å². The van der Waals surface area contributed by atoms with Crippen LogP contribution in [0, 0.1) is 5.92 Å². The van der Waals surface area contributed by atoms with Crippen molar-refractivity contribution in [3.63, 3.8) is 0 Å². The molecule has 6 heteroatoms. The van der Waals surface area contributed by atoms with Crippen LogP contribution in [0.15, 0.2) is 24.3 Å². The van der Waals surface area contributed by atoms with Gasteiger partial charge >= 0.3 is 0 Å². The number of nitrogens with zero attached hydrogens (tertiary/aromatic N) is 1. The first-order valence-electron chi connectivity index (χ1n) is 7.29. The average molecular weight is 331 g/mol. The number of likely N-dealkylation sites (tertiary alicyclic amines) is 1. The second-order valence-electron chi connectivity index (χ2n) is 5.85. The Balaban J connectivity index is 1.95. The predicted molar refractivity (Wildman–Crippen MR) is 87.0 cm³/mol. The molecule has 0 spiro atoms. The molecule has 1 saturated heterocycles. The smallest absolute Gasteiger partial charge is 0.208 e. The van der Waals surface area contributed by atoms with Crippen LogP contribution in [0.3, 0.4) is 0 Å². The van der Waals surface area contributed by atoms with Crippen molar-refractivity contribution in [3.8, 4) is 0 Å². The third-order valence-electron chi connectivity index (χ3n) is 4.08. The lowest BCUT2D eigenvalue weighted by atomic mass is 9.95. The lowest BCUT2D eigenvalue weighted by Crippen LogP contribution is -2.41. The van der Waals surface area contributed by atoms with E-state index >= 15 is 0 Å². The molecule has 2 rings (SSSR count). The minimum atomic E-state index is -3.10. The van der Waals surface area contributed by atoms with Gasteiger partial charge in [0.2, 0.25) is 10.0 Å².